The number of ether oxygens (including phenoxy) is 1. The highest BCUT2D eigenvalue weighted by molar-refractivity contribution is 5.54. The molecule has 2 bridgehead atoms. The van der Waals surface area contributed by atoms with Crippen LogP contribution in [0.15, 0.2) is 18.2 Å². The van der Waals surface area contributed by atoms with E-state index in [0.717, 1.165) is 17.8 Å². The zero-order valence-corrected chi connectivity index (χ0v) is 11.2. The first kappa shape index (κ1) is 11.8. The molecule has 0 aromatic heterocycles. The van der Waals surface area contributed by atoms with Gasteiger partial charge in [-0.3, -0.25) is 0 Å². The SMILES string of the molecule is COc1ccc(NC2CC3CCC(C2)N3)c(C)c1. The van der Waals surface area contributed by atoms with Crippen LogP contribution >= 0.6 is 0 Å². The van der Waals surface area contributed by atoms with E-state index >= 15 is 0 Å². The predicted molar refractivity (Wildman–Crippen MR) is 74.3 cm³/mol. The lowest BCUT2D eigenvalue weighted by Gasteiger charge is -2.31. The molecule has 3 heteroatoms. The summed E-state index contributed by atoms with van der Waals surface area (Å²) in [6.07, 6.45) is 5.21. The van der Waals surface area contributed by atoms with Crippen LogP contribution in [-0.4, -0.2) is 25.2 Å². The van der Waals surface area contributed by atoms with Gasteiger partial charge in [-0.25, -0.2) is 0 Å². The highest BCUT2D eigenvalue weighted by atomic mass is 16.5. The van der Waals surface area contributed by atoms with E-state index in [2.05, 4.69) is 29.7 Å². The lowest BCUT2D eigenvalue weighted by molar-refractivity contribution is 0.378. The Morgan fingerprint density at radius 2 is 1.94 bits per heavy atom. The van der Waals surface area contributed by atoms with Crippen molar-refractivity contribution in [1.82, 2.24) is 5.32 Å². The summed E-state index contributed by atoms with van der Waals surface area (Å²) in [5.41, 5.74) is 2.52. The fourth-order valence-corrected chi connectivity index (χ4v) is 3.32. The van der Waals surface area contributed by atoms with Crippen LogP contribution in [0.3, 0.4) is 0 Å². The number of fused-ring (bicyclic) bond motifs is 2. The normalized spacial score (nSPS) is 30.2. The topological polar surface area (TPSA) is 33.3 Å². The number of nitrogens with one attached hydrogen (secondary N) is 2. The van der Waals surface area contributed by atoms with Crippen molar-refractivity contribution in [2.45, 2.75) is 50.7 Å². The fourth-order valence-electron chi connectivity index (χ4n) is 3.32. The first-order valence-corrected chi connectivity index (χ1v) is 6.92. The second kappa shape index (κ2) is 4.81. The van der Waals surface area contributed by atoms with Crippen molar-refractivity contribution in [3.05, 3.63) is 23.8 Å². The molecule has 1 aromatic rings. The zero-order valence-electron chi connectivity index (χ0n) is 11.2. The maximum absolute atomic E-state index is 5.25. The molecule has 2 aliphatic rings. The van der Waals surface area contributed by atoms with Gasteiger partial charge < -0.3 is 15.4 Å². The van der Waals surface area contributed by atoms with Crippen LogP contribution in [0.25, 0.3) is 0 Å². The maximum Gasteiger partial charge on any atom is 0.119 e. The Hall–Kier alpha value is -1.22. The van der Waals surface area contributed by atoms with Gasteiger partial charge >= 0.3 is 0 Å². The van der Waals surface area contributed by atoms with Gasteiger partial charge in [-0.2, -0.15) is 0 Å². The van der Waals surface area contributed by atoms with Crippen molar-refractivity contribution in [2.24, 2.45) is 0 Å². The predicted octanol–water partition coefficient (Wildman–Crippen LogP) is 2.70. The van der Waals surface area contributed by atoms with Crippen molar-refractivity contribution < 1.29 is 4.74 Å². The molecule has 3 nitrogen and oxygen atoms in total. The molecule has 2 unspecified atom stereocenters. The molecule has 0 radical (unpaired) electrons. The van der Waals surface area contributed by atoms with Crippen LogP contribution < -0.4 is 15.4 Å². The molecule has 2 atom stereocenters. The summed E-state index contributed by atoms with van der Waals surface area (Å²) in [5.74, 6) is 0.934. The van der Waals surface area contributed by atoms with Gasteiger partial charge in [0.05, 0.1) is 7.11 Å². The number of hydrogen-bond acceptors (Lipinski definition) is 3. The summed E-state index contributed by atoms with van der Waals surface area (Å²) in [6.45, 7) is 2.14. The van der Waals surface area contributed by atoms with Gasteiger partial charge in [0.1, 0.15) is 5.75 Å². The molecule has 2 fully saturated rings. The molecule has 98 valence electrons. The molecule has 2 aliphatic heterocycles. The molecule has 0 saturated carbocycles. The molecule has 2 saturated heterocycles. The molecule has 18 heavy (non-hydrogen) atoms. The van der Waals surface area contributed by atoms with Crippen molar-refractivity contribution in [1.29, 1.82) is 0 Å². The van der Waals surface area contributed by atoms with Gasteiger partial charge in [0.15, 0.2) is 0 Å². The van der Waals surface area contributed by atoms with Gasteiger partial charge in [-0.1, -0.05) is 0 Å². The second-order valence-corrected chi connectivity index (χ2v) is 5.63. The number of methoxy groups -OCH3 is 1. The minimum atomic E-state index is 0.621. The van der Waals surface area contributed by atoms with Crippen LogP contribution in [-0.2, 0) is 0 Å². The van der Waals surface area contributed by atoms with E-state index in [1.54, 1.807) is 7.11 Å². The van der Waals surface area contributed by atoms with Crippen molar-refractivity contribution >= 4 is 5.69 Å². The standard InChI is InChI=1S/C15H22N2O/c1-10-7-14(18-2)5-6-15(10)17-13-8-11-3-4-12(9-13)16-11/h5-7,11-13,16-17H,3-4,8-9H2,1-2H3. The van der Waals surface area contributed by atoms with Crippen LogP contribution in [0.2, 0.25) is 0 Å². The van der Waals surface area contributed by atoms with Crippen LogP contribution in [0.1, 0.15) is 31.2 Å². The Labute approximate surface area is 109 Å². The van der Waals surface area contributed by atoms with Crippen LogP contribution in [0, 0.1) is 6.92 Å². The lowest BCUT2D eigenvalue weighted by Crippen LogP contribution is -2.43. The minimum Gasteiger partial charge on any atom is -0.497 e. The van der Waals surface area contributed by atoms with E-state index in [9.17, 15) is 0 Å². The average molecular weight is 246 g/mol. The number of benzene rings is 1. The molecular formula is C15H22N2O. The summed E-state index contributed by atoms with van der Waals surface area (Å²) in [5, 5.41) is 7.38. The van der Waals surface area contributed by atoms with E-state index in [4.69, 9.17) is 4.74 Å². The molecular weight excluding hydrogens is 224 g/mol. The summed E-state index contributed by atoms with van der Waals surface area (Å²) in [4.78, 5) is 0. The van der Waals surface area contributed by atoms with Gasteiger partial charge in [0.2, 0.25) is 0 Å². The number of anilines is 1. The van der Waals surface area contributed by atoms with Crippen molar-refractivity contribution in [2.75, 3.05) is 12.4 Å². The minimum absolute atomic E-state index is 0.621. The van der Waals surface area contributed by atoms with E-state index in [1.165, 1.54) is 36.9 Å². The third-order valence-electron chi connectivity index (χ3n) is 4.27. The third kappa shape index (κ3) is 2.32. The second-order valence-electron chi connectivity index (χ2n) is 5.63. The smallest absolute Gasteiger partial charge is 0.119 e. The fraction of sp³-hybridized carbons (Fsp3) is 0.600. The summed E-state index contributed by atoms with van der Waals surface area (Å²) in [7, 11) is 1.71. The Morgan fingerprint density at radius 1 is 1.22 bits per heavy atom. The maximum atomic E-state index is 5.25. The number of aryl methyl sites for hydroxylation is 1. The summed E-state index contributed by atoms with van der Waals surface area (Å²) < 4.78 is 5.25. The molecule has 0 amide bonds. The summed E-state index contributed by atoms with van der Waals surface area (Å²) >= 11 is 0. The number of hydrogen-bond donors (Lipinski definition) is 2. The van der Waals surface area contributed by atoms with Gasteiger partial charge in [0.25, 0.3) is 0 Å². The third-order valence-corrected chi connectivity index (χ3v) is 4.27. The van der Waals surface area contributed by atoms with Crippen molar-refractivity contribution in [3.8, 4) is 5.75 Å². The first-order valence-electron chi connectivity index (χ1n) is 6.92. The molecule has 0 spiro atoms. The monoisotopic (exact) mass is 246 g/mol. The van der Waals surface area contributed by atoms with Gasteiger partial charge in [0, 0.05) is 23.8 Å². The van der Waals surface area contributed by atoms with Crippen LogP contribution in [0.4, 0.5) is 5.69 Å². The number of rotatable bonds is 3. The molecule has 1 aromatic carbocycles. The average Bonchev–Trinajstić information content (AvgIpc) is 2.71. The van der Waals surface area contributed by atoms with Crippen LogP contribution in [0.5, 0.6) is 5.75 Å². The highest BCUT2D eigenvalue weighted by Crippen LogP contribution is 2.30. The number of piperidine rings is 1. The van der Waals surface area contributed by atoms with E-state index in [-0.39, 0.29) is 0 Å². The highest BCUT2D eigenvalue weighted by Gasteiger charge is 2.33. The molecule has 3 rings (SSSR count). The van der Waals surface area contributed by atoms with Crippen molar-refractivity contribution in [3.63, 3.8) is 0 Å². The molecule has 0 aliphatic carbocycles. The first-order chi connectivity index (χ1) is 8.74. The Bertz CT molecular complexity index is 421. The van der Waals surface area contributed by atoms with E-state index in [1.807, 2.05) is 6.07 Å². The largest absolute Gasteiger partial charge is 0.497 e. The van der Waals surface area contributed by atoms with E-state index in [0.29, 0.717) is 6.04 Å². The molecule has 2 heterocycles. The Morgan fingerprint density at radius 3 is 2.56 bits per heavy atom. The lowest BCUT2D eigenvalue weighted by atomic mass is 9.99. The molecule has 2 N–H and O–H groups in total. The quantitative estimate of drug-likeness (QED) is 0.860. The Kier molecular flexibility index (Phi) is 3.16. The Balaban J connectivity index is 1.69. The zero-order chi connectivity index (χ0) is 12.5. The van der Waals surface area contributed by atoms with Gasteiger partial charge in [-0.05, 0) is 56.4 Å². The summed E-state index contributed by atoms with van der Waals surface area (Å²) in [6, 6.07) is 8.36. The van der Waals surface area contributed by atoms with Gasteiger partial charge in [-0.15, -0.1) is 0 Å². The van der Waals surface area contributed by atoms with E-state index < -0.39 is 0 Å².